The Bertz CT molecular complexity index is 191. The molecule has 4 nitrogen and oxygen atoms in total. The summed E-state index contributed by atoms with van der Waals surface area (Å²) in [5.41, 5.74) is 5.36. The van der Waals surface area contributed by atoms with Crippen molar-refractivity contribution in [2.75, 3.05) is 13.2 Å². The molecule has 0 bridgehead atoms. The lowest BCUT2D eigenvalue weighted by atomic mass is 9.90. The van der Waals surface area contributed by atoms with E-state index in [0.717, 1.165) is 6.42 Å². The van der Waals surface area contributed by atoms with E-state index < -0.39 is 6.09 Å². The molecule has 14 heavy (non-hydrogen) atoms. The van der Waals surface area contributed by atoms with Crippen LogP contribution in [0.3, 0.4) is 0 Å². The number of ether oxygens (including phenoxy) is 1. The number of nitrogens with one attached hydrogen (secondary N) is 2. The molecule has 1 amide bonds. The maximum atomic E-state index is 10.9. The Kier molecular flexibility index (Phi) is 5.95. The van der Waals surface area contributed by atoms with Crippen LogP contribution in [0, 0.1) is 5.41 Å². The molecule has 0 aliphatic heterocycles. The number of allylic oxidation sites excluding steroid dienone is 1. The van der Waals surface area contributed by atoms with Gasteiger partial charge in [-0.1, -0.05) is 19.9 Å². The second kappa shape index (κ2) is 6.43. The topological polar surface area (TPSA) is 50.4 Å². The lowest BCUT2D eigenvalue weighted by Gasteiger charge is -2.23. The summed E-state index contributed by atoms with van der Waals surface area (Å²) >= 11 is 0. The highest BCUT2D eigenvalue weighted by Gasteiger charge is 2.15. The Hall–Kier alpha value is -1.03. The Morgan fingerprint density at radius 1 is 1.57 bits per heavy atom. The number of rotatable bonds is 6. The van der Waals surface area contributed by atoms with E-state index in [9.17, 15) is 4.79 Å². The van der Waals surface area contributed by atoms with Gasteiger partial charge in [0.25, 0.3) is 0 Å². The molecular weight excluding hydrogens is 180 g/mol. The number of hydrogen-bond donors (Lipinski definition) is 2. The molecule has 0 aliphatic carbocycles. The molecule has 0 heterocycles. The van der Waals surface area contributed by atoms with Crippen molar-refractivity contribution in [3.8, 4) is 0 Å². The van der Waals surface area contributed by atoms with Gasteiger partial charge in [-0.25, -0.2) is 10.2 Å². The SMILES string of the molecule is C=CCC(C)(C)CNNC(=O)OCC. The lowest BCUT2D eigenvalue weighted by molar-refractivity contribution is 0.144. The molecule has 82 valence electrons. The Morgan fingerprint density at radius 3 is 2.71 bits per heavy atom. The average Bonchev–Trinajstić information content (AvgIpc) is 2.03. The summed E-state index contributed by atoms with van der Waals surface area (Å²) < 4.78 is 4.68. The smallest absolute Gasteiger partial charge is 0.421 e. The molecule has 0 rings (SSSR count). The number of carbonyl (C=O) groups excluding carboxylic acids is 1. The van der Waals surface area contributed by atoms with Crippen LogP contribution in [0.2, 0.25) is 0 Å². The van der Waals surface area contributed by atoms with E-state index in [1.54, 1.807) is 6.92 Å². The van der Waals surface area contributed by atoms with Crippen LogP contribution >= 0.6 is 0 Å². The van der Waals surface area contributed by atoms with Gasteiger partial charge in [0.2, 0.25) is 0 Å². The van der Waals surface area contributed by atoms with Gasteiger partial charge < -0.3 is 4.74 Å². The second-order valence-electron chi connectivity index (χ2n) is 3.86. The zero-order chi connectivity index (χ0) is 11.0. The van der Waals surface area contributed by atoms with E-state index in [0.29, 0.717) is 13.2 Å². The molecule has 0 spiro atoms. The molecule has 4 heteroatoms. The van der Waals surface area contributed by atoms with Crippen LogP contribution in [-0.4, -0.2) is 19.2 Å². The fourth-order valence-electron chi connectivity index (χ4n) is 0.986. The van der Waals surface area contributed by atoms with E-state index in [4.69, 9.17) is 0 Å². The minimum absolute atomic E-state index is 0.0846. The van der Waals surface area contributed by atoms with Crippen LogP contribution in [0.1, 0.15) is 27.2 Å². The standard InChI is InChI=1S/C10H20N2O2/c1-5-7-10(3,4)8-11-12-9(13)14-6-2/h5,11H,1,6-8H2,2-4H3,(H,12,13). The second-order valence-corrected chi connectivity index (χ2v) is 3.86. The molecule has 0 aliphatic rings. The third-order valence-corrected chi connectivity index (χ3v) is 1.73. The highest BCUT2D eigenvalue weighted by Crippen LogP contribution is 2.18. The summed E-state index contributed by atoms with van der Waals surface area (Å²) in [6.45, 7) is 10.7. The highest BCUT2D eigenvalue weighted by molar-refractivity contribution is 5.66. The zero-order valence-electron chi connectivity index (χ0n) is 9.22. The number of amides is 1. The molecular formula is C10H20N2O2. The predicted octanol–water partition coefficient (Wildman–Crippen LogP) is 1.84. The van der Waals surface area contributed by atoms with Crippen molar-refractivity contribution in [3.05, 3.63) is 12.7 Å². The van der Waals surface area contributed by atoms with Crippen molar-refractivity contribution in [1.29, 1.82) is 0 Å². The first-order chi connectivity index (χ1) is 6.52. The first-order valence-corrected chi connectivity index (χ1v) is 4.78. The summed E-state index contributed by atoms with van der Waals surface area (Å²) in [5.74, 6) is 0. The quantitative estimate of drug-likeness (QED) is 0.508. The van der Waals surface area contributed by atoms with Crippen molar-refractivity contribution in [1.82, 2.24) is 10.9 Å². The van der Waals surface area contributed by atoms with Crippen molar-refractivity contribution in [3.63, 3.8) is 0 Å². The molecule has 0 saturated carbocycles. The molecule has 0 fully saturated rings. The van der Waals surface area contributed by atoms with Crippen LogP contribution in [0.25, 0.3) is 0 Å². The molecule has 0 aromatic carbocycles. The maximum Gasteiger partial charge on any atom is 0.421 e. The van der Waals surface area contributed by atoms with Crippen molar-refractivity contribution < 1.29 is 9.53 Å². The van der Waals surface area contributed by atoms with Gasteiger partial charge in [0.05, 0.1) is 6.61 Å². The minimum Gasteiger partial charge on any atom is -0.449 e. The van der Waals surface area contributed by atoms with Crippen LogP contribution in [0.15, 0.2) is 12.7 Å². The van der Waals surface area contributed by atoms with Gasteiger partial charge in [0.15, 0.2) is 0 Å². The van der Waals surface area contributed by atoms with Gasteiger partial charge in [-0.2, -0.15) is 0 Å². The van der Waals surface area contributed by atoms with Crippen molar-refractivity contribution in [2.45, 2.75) is 27.2 Å². The Labute approximate surface area is 85.7 Å². The summed E-state index contributed by atoms with van der Waals surface area (Å²) in [4.78, 5) is 10.9. The van der Waals surface area contributed by atoms with E-state index in [1.807, 2.05) is 6.08 Å². The molecule has 0 saturated heterocycles. The van der Waals surface area contributed by atoms with Crippen LogP contribution in [0.4, 0.5) is 4.79 Å². The Balaban J connectivity index is 3.62. The predicted molar refractivity (Wildman–Crippen MR) is 56.8 cm³/mol. The Morgan fingerprint density at radius 2 is 2.21 bits per heavy atom. The lowest BCUT2D eigenvalue weighted by Crippen LogP contribution is -2.42. The van der Waals surface area contributed by atoms with Crippen LogP contribution in [0.5, 0.6) is 0 Å². The van der Waals surface area contributed by atoms with Gasteiger partial charge in [0.1, 0.15) is 0 Å². The third kappa shape index (κ3) is 6.48. The van der Waals surface area contributed by atoms with Gasteiger partial charge in [-0.3, -0.25) is 5.43 Å². The highest BCUT2D eigenvalue weighted by atomic mass is 16.5. The summed E-state index contributed by atoms with van der Waals surface area (Å²) in [6, 6.07) is 0. The van der Waals surface area contributed by atoms with E-state index in [-0.39, 0.29) is 5.41 Å². The summed E-state index contributed by atoms with van der Waals surface area (Å²) in [7, 11) is 0. The first-order valence-electron chi connectivity index (χ1n) is 4.78. The van der Waals surface area contributed by atoms with E-state index >= 15 is 0 Å². The van der Waals surface area contributed by atoms with Crippen molar-refractivity contribution >= 4 is 6.09 Å². The monoisotopic (exact) mass is 200 g/mol. The van der Waals surface area contributed by atoms with Gasteiger partial charge in [-0.05, 0) is 18.8 Å². The molecule has 0 aromatic heterocycles. The number of carbonyl (C=O) groups is 1. The van der Waals surface area contributed by atoms with Gasteiger partial charge >= 0.3 is 6.09 Å². The molecule has 0 aromatic rings. The molecule has 2 N–H and O–H groups in total. The number of hydrazine groups is 1. The average molecular weight is 200 g/mol. The zero-order valence-corrected chi connectivity index (χ0v) is 9.22. The minimum atomic E-state index is -0.443. The number of hydrogen-bond acceptors (Lipinski definition) is 3. The van der Waals surface area contributed by atoms with Gasteiger partial charge in [0, 0.05) is 6.54 Å². The normalized spacial score (nSPS) is 10.8. The van der Waals surface area contributed by atoms with E-state index in [2.05, 4.69) is 36.0 Å². The summed E-state index contributed by atoms with van der Waals surface area (Å²) in [6.07, 6.45) is 2.32. The molecule has 0 radical (unpaired) electrons. The van der Waals surface area contributed by atoms with Crippen molar-refractivity contribution in [2.24, 2.45) is 5.41 Å². The first kappa shape index (κ1) is 13.0. The van der Waals surface area contributed by atoms with Gasteiger partial charge in [-0.15, -0.1) is 6.58 Å². The molecule has 0 atom stereocenters. The summed E-state index contributed by atoms with van der Waals surface area (Å²) in [5, 5.41) is 0. The van der Waals surface area contributed by atoms with Crippen LogP contribution in [-0.2, 0) is 4.74 Å². The fraction of sp³-hybridized carbons (Fsp3) is 0.700. The molecule has 0 unspecified atom stereocenters. The third-order valence-electron chi connectivity index (χ3n) is 1.73. The van der Waals surface area contributed by atoms with Crippen LogP contribution < -0.4 is 10.9 Å². The largest absolute Gasteiger partial charge is 0.449 e. The fourth-order valence-corrected chi connectivity index (χ4v) is 0.986. The van der Waals surface area contributed by atoms with E-state index in [1.165, 1.54) is 0 Å². The maximum absolute atomic E-state index is 10.9.